The normalized spacial score (nSPS) is 11.9. The van der Waals surface area contributed by atoms with Gasteiger partial charge in [0, 0.05) is 30.9 Å². The number of nitrogens with zero attached hydrogens (tertiary/aromatic N) is 4. The van der Waals surface area contributed by atoms with E-state index in [1.54, 1.807) is 24.1 Å². The van der Waals surface area contributed by atoms with Crippen LogP contribution in [0.15, 0.2) is 29.7 Å². The number of rotatable bonds is 11. The Bertz CT molecular complexity index is 787. The highest BCUT2D eigenvalue weighted by molar-refractivity contribution is 6.45. The van der Waals surface area contributed by atoms with Crippen LogP contribution < -0.4 is 4.74 Å². The Labute approximate surface area is 177 Å². The van der Waals surface area contributed by atoms with Gasteiger partial charge in [-0.3, -0.25) is 9.58 Å². The summed E-state index contributed by atoms with van der Waals surface area (Å²) in [6.45, 7) is 7.77. The van der Waals surface area contributed by atoms with Crippen molar-refractivity contribution in [2.45, 2.75) is 26.7 Å². The van der Waals surface area contributed by atoms with Gasteiger partial charge in [-0.25, -0.2) is 0 Å². The maximum atomic E-state index is 6.49. The number of methoxy groups -OCH3 is 1. The summed E-state index contributed by atoms with van der Waals surface area (Å²) in [5.41, 5.74) is 2.05. The standard InChI is InChI=1S/C20H28Cl2N4O2/c1-5-9-26(10-6-2)11-12-28-24-20(15-13-23-25(3)14-15)16-7-8-17(27-4)19(22)18(16)21/h7-8,13-14H,5-6,9-12H2,1-4H3/b24-20-. The van der Waals surface area contributed by atoms with Crippen molar-refractivity contribution in [3.8, 4) is 5.75 Å². The molecular formula is C20H28Cl2N4O2. The average Bonchev–Trinajstić information content (AvgIpc) is 3.11. The molecule has 2 aromatic rings. The molecule has 0 spiro atoms. The fourth-order valence-corrected chi connectivity index (χ4v) is 3.41. The number of aryl methyl sites for hydroxylation is 1. The number of oxime groups is 1. The van der Waals surface area contributed by atoms with Gasteiger partial charge in [-0.2, -0.15) is 5.10 Å². The molecule has 2 rings (SSSR count). The quantitative estimate of drug-likeness (QED) is 0.298. The van der Waals surface area contributed by atoms with E-state index >= 15 is 0 Å². The topological polar surface area (TPSA) is 51.9 Å². The van der Waals surface area contributed by atoms with Crippen molar-refractivity contribution in [2.75, 3.05) is 33.4 Å². The van der Waals surface area contributed by atoms with Crippen LogP contribution in [0.5, 0.6) is 5.75 Å². The summed E-state index contributed by atoms with van der Waals surface area (Å²) in [5, 5.41) is 9.31. The largest absolute Gasteiger partial charge is 0.495 e. The first-order valence-corrected chi connectivity index (χ1v) is 10.2. The number of hydrogen-bond acceptors (Lipinski definition) is 5. The maximum Gasteiger partial charge on any atom is 0.139 e. The Morgan fingerprint density at radius 1 is 1.14 bits per heavy atom. The maximum absolute atomic E-state index is 6.49. The fourth-order valence-electron chi connectivity index (χ4n) is 2.92. The highest BCUT2D eigenvalue weighted by Gasteiger charge is 2.18. The molecule has 0 radical (unpaired) electrons. The van der Waals surface area contributed by atoms with Crippen LogP contribution in [0.1, 0.15) is 37.8 Å². The van der Waals surface area contributed by atoms with Crippen LogP contribution in [0.25, 0.3) is 0 Å². The molecule has 0 aliphatic heterocycles. The molecule has 0 aliphatic carbocycles. The molecule has 0 aliphatic rings. The van der Waals surface area contributed by atoms with E-state index in [4.69, 9.17) is 32.8 Å². The molecule has 0 unspecified atom stereocenters. The van der Waals surface area contributed by atoms with E-state index in [9.17, 15) is 0 Å². The Balaban J connectivity index is 2.24. The molecule has 0 atom stereocenters. The first-order valence-electron chi connectivity index (χ1n) is 9.45. The highest BCUT2D eigenvalue weighted by Crippen LogP contribution is 2.35. The lowest BCUT2D eigenvalue weighted by molar-refractivity contribution is 0.110. The predicted octanol–water partition coefficient (Wildman–Crippen LogP) is 4.63. The summed E-state index contributed by atoms with van der Waals surface area (Å²) in [5.74, 6) is 0.511. The van der Waals surface area contributed by atoms with Crippen LogP contribution in [0, 0.1) is 0 Å². The van der Waals surface area contributed by atoms with Gasteiger partial charge in [0.15, 0.2) is 0 Å². The van der Waals surface area contributed by atoms with Gasteiger partial charge in [-0.05, 0) is 38.1 Å². The molecule has 0 bridgehead atoms. The third-order valence-corrected chi connectivity index (χ3v) is 5.10. The second-order valence-electron chi connectivity index (χ2n) is 6.46. The number of ether oxygens (including phenoxy) is 1. The van der Waals surface area contributed by atoms with Crippen LogP contribution in [-0.4, -0.2) is 53.7 Å². The molecule has 1 heterocycles. The molecule has 1 aromatic heterocycles. The first-order chi connectivity index (χ1) is 13.5. The molecule has 1 aromatic carbocycles. The van der Waals surface area contributed by atoms with Gasteiger partial charge in [0.05, 0.1) is 18.3 Å². The average molecular weight is 427 g/mol. The van der Waals surface area contributed by atoms with Crippen LogP contribution in [0.3, 0.4) is 0 Å². The number of benzene rings is 1. The predicted molar refractivity (Wildman–Crippen MR) is 115 cm³/mol. The fraction of sp³-hybridized carbons (Fsp3) is 0.500. The van der Waals surface area contributed by atoms with E-state index in [-0.39, 0.29) is 0 Å². The van der Waals surface area contributed by atoms with E-state index in [0.717, 1.165) is 38.0 Å². The lowest BCUT2D eigenvalue weighted by Crippen LogP contribution is -2.29. The minimum absolute atomic E-state index is 0.343. The van der Waals surface area contributed by atoms with E-state index in [1.165, 1.54) is 0 Å². The van der Waals surface area contributed by atoms with Crippen LogP contribution >= 0.6 is 23.2 Å². The molecule has 0 fully saturated rings. The summed E-state index contributed by atoms with van der Waals surface area (Å²) in [7, 11) is 3.40. The highest BCUT2D eigenvalue weighted by atomic mass is 35.5. The van der Waals surface area contributed by atoms with E-state index in [0.29, 0.717) is 33.7 Å². The molecule has 154 valence electrons. The summed E-state index contributed by atoms with van der Waals surface area (Å²) >= 11 is 12.8. The Kier molecular flexibility index (Phi) is 9.09. The molecule has 0 N–H and O–H groups in total. The number of aromatic nitrogens is 2. The zero-order valence-corrected chi connectivity index (χ0v) is 18.4. The third kappa shape index (κ3) is 5.87. The van der Waals surface area contributed by atoms with E-state index in [1.807, 2.05) is 19.3 Å². The molecule has 8 heteroatoms. The molecule has 0 amide bonds. The zero-order chi connectivity index (χ0) is 20.5. The zero-order valence-electron chi connectivity index (χ0n) is 16.9. The SMILES string of the molecule is CCCN(CCC)CCO/N=C(/c1cnn(C)c1)c1ccc(OC)c(Cl)c1Cl. The van der Waals surface area contributed by atoms with Crippen LogP contribution in [0.2, 0.25) is 10.0 Å². The van der Waals surface area contributed by atoms with Crippen molar-refractivity contribution in [1.82, 2.24) is 14.7 Å². The Hall–Kier alpha value is -1.76. The Morgan fingerprint density at radius 3 is 2.43 bits per heavy atom. The van der Waals surface area contributed by atoms with Crippen LogP contribution in [-0.2, 0) is 11.9 Å². The van der Waals surface area contributed by atoms with Gasteiger partial charge in [-0.1, -0.05) is 42.2 Å². The molecule has 0 saturated heterocycles. The van der Waals surface area contributed by atoms with Crippen molar-refractivity contribution in [3.63, 3.8) is 0 Å². The summed E-state index contributed by atoms with van der Waals surface area (Å²) in [6, 6.07) is 3.59. The van der Waals surface area contributed by atoms with Gasteiger partial charge in [0.1, 0.15) is 23.1 Å². The molecule has 28 heavy (non-hydrogen) atoms. The molecule has 6 nitrogen and oxygen atoms in total. The van der Waals surface area contributed by atoms with Gasteiger partial charge < -0.3 is 9.57 Å². The first kappa shape index (κ1) is 22.5. The second kappa shape index (κ2) is 11.3. The monoisotopic (exact) mass is 426 g/mol. The van der Waals surface area contributed by atoms with E-state index < -0.39 is 0 Å². The Morgan fingerprint density at radius 2 is 1.86 bits per heavy atom. The van der Waals surface area contributed by atoms with Gasteiger partial charge in [-0.15, -0.1) is 0 Å². The summed E-state index contributed by atoms with van der Waals surface area (Å²) in [4.78, 5) is 8.04. The summed E-state index contributed by atoms with van der Waals surface area (Å²) in [6.07, 6.45) is 5.81. The van der Waals surface area contributed by atoms with Crippen molar-refractivity contribution >= 4 is 28.9 Å². The lowest BCUT2D eigenvalue weighted by Gasteiger charge is -2.20. The van der Waals surface area contributed by atoms with Crippen LogP contribution in [0.4, 0.5) is 0 Å². The minimum atomic E-state index is 0.343. The van der Waals surface area contributed by atoms with Gasteiger partial charge in [0.2, 0.25) is 0 Å². The minimum Gasteiger partial charge on any atom is -0.495 e. The molecule has 0 saturated carbocycles. The lowest BCUT2D eigenvalue weighted by atomic mass is 10.1. The van der Waals surface area contributed by atoms with Gasteiger partial charge >= 0.3 is 0 Å². The smallest absolute Gasteiger partial charge is 0.139 e. The van der Waals surface area contributed by atoms with Gasteiger partial charge in [0.25, 0.3) is 0 Å². The summed E-state index contributed by atoms with van der Waals surface area (Å²) < 4.78 is 6.93. The van der Waals surface area contributed by atoms with Crippen molar-refractivity contribution in [1.29, 1.82) is 0 Å². The van der Waals surface area contributed by atoms with Crippen molar-refractivity contribution in [3.05, 3.63) is 45.7 Å². The van der Waals surface area contributed by atoms with Crippen molar-refractivity contribution in [2.24, 2.45) is 12.2 Å². The third-order valence-electron chi connectivity index (χ3n) is 4.23. The van der Waals surface area contributed by atoms with E-state index in [2.05, 4.69) is 29.0 Å². The second-order valence-corrected chi connectivity index (χ2v) is 7.22. The molecular weight excluding hydrogens is 399 g/mol. The number of hydrogen-bond donors (Lipinski definition) is 0. The number of halogens is 2. The van der Waals surface area contributed by atoms with Crippen molar-refractivity contribution < 1.29 is 9.57 Å².